The summed E-state index contributed by atoms with van der Waals surface area (Å²) in [6.07, 6.45) is 1.82. The van der Waals surface area contributed by atoms with Gasteiger partial charge in [0.2, 0.25) is 0 Å². The summed E-state index contributed by atoms with van der Waals surface area (Å²) in [5, 5.41) is 9.70. The molecular weight excluding hydrogens is 294 g/mol. The topological polar surface area (TPSA) is 46.8 Å². The number of hydrogen-bond donors (Lipinski definition) is 0. The van der Waals surface area contributed by atoms with Gasteiger partial charge in [-0.05, 0) is 24.6 Å². The summed E-state index contributed by atoms with van der Waals surface area (Å²) in [6, 6.07) is 14.3. The zero-order chi connectivity index (χ0) is 14.9. The number of hydrogen-bond acceptors (Lipinski definition) is 5. The SMILES string of the molecule is Cc1ccccc1-c1nnc2n1CN(c1ccccn1)CS2. The molecule has 6 heteroatoms. The maximum Gasteiger partial charge on any atom is 0.194 e. The van der Waals surface area contributed by atoms with Crippen molar-refractivity contribution in [2.45, 2.75) is 18.7 Å². The maximum atomic E-state index is 4.44. The van der Waals surface area contributed by atoms with Crippen molar-refractivity contribution in [2.24, 2.45) is 0 Å². The van der Waals surface area contributed by atoms with Crippen molar-refractivity contribution >= 4 is 17.6 Å². The Hall–Kier alpha value is -2.34. The van der Waals surface area contributed by atoms with E-state index in [1.807, 2.05) is 36.5 Å². The molecular formula is C16H15N5S. The highest BCUT2D eigenvalue weighted by atomic mass is 32.2. The van der Waals surface area contributed by atoms with Crippen LogP contribution in [0.4, 0.5) is 5.82 Å². The number of nitrogens with zero attached hydrogens (tertiary/aromatic N) is 5. The molecule has 3 aromatic rings. The van der Waals surface area contributed by atoms with Crippen LogP contribution < -0.4 is 4.90 Å². The Morgan fingerprint density at radius 1 is 1.05 bits per heavy atom. The standard InChI is InChI=1S/C16H15N5S/c1-12-6-2-3-7-13(12)15-18-19-16-21(15)10-20(11-22-16)14-8-4-5-9-17-14/h2-9H,10-11H2,1H3. The molecule has 0 bridgehead atoms. The van der Waals surface area contributed by atoms with E-state index in [9.17, 15) is 0 Å². The van der Waals surface area contributed by atoms with Gasteiger partial charge in [-0.3, -0.25) is 4.57 Å². The van der Waals surface area contributed by atoms with Gasteiger partial charge in [0.1, 0.15) is 12.5 Å². The van der Waals surface area contributed by atoms with Gasteiger partial charge in [0, 0.05) is 11.8 Å². The van der Waals surface area contributed by atoms with Gasteiger partial charge in [-0.25, -0.2) is 4.98 Å². The normalized spacial score (nSPS) is 14.0. The van der Waals surface area contributed by atoms with Gasteiger partial charge in [-0.1, -0.05) is 42.1 Å². The number of aromatic nitrogens is 4. The van der Waals surface area contributed by atoms with Crippen molar-refractivity contribution in [3.8, 4) is 11.4 Å². The predicted octanol–water partition coefficient (Wildman–Crippen LogP) is 3.18. The van der Waals surface area contributed by atoms with E-state index in [0.29, 0.717) is 0 Å². The minimum Gasteiger partial charge on any atom is -0.329 e. The third-order valence-corrected chi connectivity index (χ3v) is 4.74. The maximum absolute atomic E-state index is 4.44. The second-order valence-electron chi connectivity index (χ2n) is 5.19. The van der Waals surface area contributed by atoms with Crippen LogP contribution in [0.15, 0.2) is 53.8 Å². The minimum atomic E-state index is 0.718. The summed E-state index contributed by atoms with van der Waals surface area (Å²) in [7, 11) is 0. The molecule has 0 unspecified atom stereocenters. The number of fused-ring (bicyclic) bond motifs is 1. The van der Waals surface area contributed by atoms with E-state index in [1.54, 1.807) is 11.8 Å². The first kappa shape index (κ1) is 13.3. The summed E-state index contributed by atoms with van der Waals surface area (Å²) in [5.41, 5.74) is 2.34. The Labute approximate surface area is 133 Å². The first-order valence-electron chi connectivity index (χ1n) is 7.11. The minimum absolute atomic E-state index is 0.718. The Morgan fingerprint density at radius 2 is 1.91 bits per heavy atom. The fraction of sp³-hybridized carbons (Fsp3) is 0.188. The molecule has 110 valence electrons. The molecule has 0 fully saturated rings. The molecule has 0 saturated carbocycles. The molecule has 0 amide bonds. The molecule has 0 aliphatic carbocycles. The van der Waals surface area contributed by atoms with E-state index in [2.05, 4.69) is 43.7 Å². The third kappa shape index (κ3) is 2.25. The lowest BCUT2D eigenvalue weighted by Gasteiger charge is -2.28. The Kier molecular flexibility index (Phi) is 3.31. The highest BCUT2D eigenvalue weighted by molar-refractivity contribution is 7.99. The third-order valence-electron chi connectivity index (χ3n) is 3.74. The van der Waals surface area contributed by atoms with Crippen LogP contribution in [0.25, 0.3) is 11.4 Å². The molecule has 1 aliphatic rings. The number of anilines is 1. The molecule has 0 spiro atoms. The van der Waals surface area contributed by atoms with Gasteiger partial charge in [0.25, 0.3) is 0 Å². The number of aryl methyl sites for hydroxylation is 1. The first-order valence-corrected chi connectivity index (χ1v) is 8.09. The smallest absolute Gasteiger partial charge is 0.194 e. The van der Waals surface area contributed by atoms with Gasteiger partial charge in [0.15, 0.2) is 11.0 Å². The van der Waals surface area contributed by atoms with E-state index in [1.165, 1.54) is 5.56 Å². The van der Waals surface area contributed by atoms with Crippen LogP contribution >= 0.6 is 11.8 Å². The lowest BCUT2D eigenvalue weighted by molar-refractivity contribution is 0.603. The van der Waals surface area contributed by atoms with Crippen molar-refractivity contribution in [2.75, 3.05) is 10.8 Å². The molecule has 5 nitrogen and oxygen atoms in total. The molecule has 2 aromatic heterocycles. The molecule has 0 N–H and O–H groups in total. The van der Waals surface area contributed by atoms with Gasteiger partial charge >= 0.3 is 0 Å². The molecule has 0 saturated heterocycles. The fourth-order valence-electron chi connectivity index (χ4n) is 2.57. The number of thioether (sulfide) groups is 1. The van der Waals surface area contributed by atoms with Crippen LogP contribution in [-0.2, 0) is 6.67 Å². The number of benzene rings is 1. The Balaban J connectivity index is 1.73. The number of rotatable bonds is 2. The molecule has 4 rings (SSSR count). The van der Waals surface area contributed by atoms with Crippen molar-refractivity contribution in [1.29, 1.82) is 0 Å². The molecule has 1 aliphatic heterocycles. The monoisotopic (exact) mass is 309 g/mol. The average Bonchev–Trinajstić information content (AvgIpc) is 2.99. The van der Waals surface area contributed by atoms with E-state index in [0.717, 1.165) is 34.9 Å². The summed E-state index contributed by atoms with van der Waals surface area (Å²) >= 11 is 1.69. The van der Waals surface area contributed by atoms with Crippen molar-refractivity contribution < 1.29 is 0 Å². The lowest BCUT2D eigenvalue weighted by atomic mass is 10.1. The molecule has 0 radical (unpaired) electrons. The van der Waals surface area contributed by atoms with Gasteiger partial charge < -0.3 is 4.90 Å². The second kappa shape index (κ2) is 5.46. The average molecular weight is 309 g/mol. The van der Waals surface area contributed by atoms with E-state index in [4.69, 9.17) is 0 Å². The predicted molar refractivity (Wildman–Crippen MR) is 87.6 cm³/mol. The lowest BCUT2D eigenvalue weighted by Crippen LogP contribution is -2.31. The molecule has 3 heterocycles. The van der Waals surface area contributed by atoms with E-state index >= 15 is 0 Å². The molecule has 1 aromatic carbocycles. The molecule has 0 atom stereocenters. The quantitative estimate of drug-likeness (QED) is 0.727. The largest absolute Gasteiger partial charge is 0.329 e. The van der Waals surface area contributed by atoms with Crippen LogP contribution in [0.5, 0.6) is 0 Å². The van der Waals surface area contributed by atoms with Gasteiger partial charge in [0.05, 0.1) is 5.88 Å². The van der Waals surface area contributed by atoms with E-state index < -0.39 is 0 Å². The summed E-state index contributed by atoms with van der Waals surface area (Å²) < 4.78 is 2.16. The van der Waals surface area contributed by atoms with Crippen LogP contribution in [0.1, 0.15) is 5.56 Å². The van der Waals surface area contributed by atoms with Crippen LogP contribution in [0, 0.1) is 6.92 Å². The van der Waals surface area contributed by atoms with Crippen molar-refractivity contribution in [3.63, 3.8) is 0 Å². The van der Waals surface area contributed by atoms with Crippen LogP contribution in [-0.4, -0.2) is 25.6 Å². The number of pyridine rings is 1. The second-order valence-corrected chi connectivity index (χ2v) is 6.10. The fourth-order valence-corrected chi connectivity index (χ4v) is 3.46. The van der Waals surface area contributed by atoms with Crippen molar-refractivity contribution in [1.82, 2.24) is 19.7 Å². The molecule has 22 heavy (non-hydrogen) atoms. The highest BCUT2D eigenvalue weighted by Gasteiger charge is 2.23. The van der Waals surface area contributed by atoms with E-state index in [-0.39, 0.29) is 0 Å². The summed E-state index contributed by atoms with van der Waals surface area (Å²) in [6.45, 7) is 2.82. The zero-order valence-corrected chi connectivity index (χ0v) is 13.0. The zero-order valence-electron chi connectivity index (χ0n) is 12.2. The highest BCUT2D eigenvalue weighted by Crippen LogP contribution is 2.31. The van der Waals surface area contributed by atoms with Gasteiger partial charge in [-0.15, -0.1) is 10.2 Å². The van der Waals surface area contributed by atoms with Crippen molar-refractivity contribution in [3.05, 3.63) is 54.2 Å². The summed E-state index contributed by atoms with van der Waals surface area (Å²) in [4.78, 5) is 6.66. The Morgan fingerprint density at radius 3 is 2.73 bits per heavy atom. The first-order chi connectivity index (χ1) is 10.8. The van der Waals surface area contributed by atoms with Gasteiger partial charge in [-0.2, -0.15) is 0 Å². The Bertz CT molecular complexity index is 799. The van der Waals surface area contributed by atoms with Crippen LogP contribution in [0.3, 0.4) is 0 Å². The van der Waals surface area contributed by atoms with Crippen LogP contribution in [0.2, 0.25) is 0 Å². The summed E-state index contributed by atoms with van der Waals surface area (Å²) in [5.74, 6) is 2.73.